The summed E-state index contributed by atoms with van der Waals surface area (Å²) in [6.45, 7) is 3.66. The Morgan fingerprint density at radius 1 is 1.35 bits per heavy atom. The summed E-state index contributed by atoms with van der Waals surface area (Å²) in [5.41, 5.74) is 1.63. The SMILES string of the molecule is Cc1ccc2oc(=O)n(CCC(=O)N3CCC[C@]4(CNC(=O)O4)C3)c2c1. The zero-order valence-electron chi connectivity index (χ0n) is 14.6. The molecule has 138 valence electrons. The van der Waals surface area contributed by atoms with Gasteiger partial charge in [-0.1, -0.05) is 6.07 Å². The number of alkyl carbamates (subject to hydrolysis) is 1. The van der Waals surface area contributed by atoms with Gasteiger partial charge in [-0.2, -0.15) is 0 Å². The van der Waals surface area contributed by atoms with Gasteiger partial charge in [0.05, 0.1) is 18.6 Å². The van der Waals surface area contributed by atoms with E-state index in [4.69, 9.17) is 9.15 Å². The van der Waals surface area contributed by atoms with Crippen molar-refractivity contribution in [3.8, 4) is 0 Å². The summed E-state index contributed by atoms with van der Waals surface area (Å²) in [5, 5.41) is 2.67. The van der Waals surface area contributed by atoms with Gasteiger partial charge in [-0.15, -0.1) is 0 Å². The second-order valence-corrected chi connectivity index (χ2v) is 7.09. The maximum absolute atomic E-state index is 12.6. The number of aryl methyl sites for hydroxylation is 2. The minimum Gasteiger partial charge on any atom is -0.439 e. The van der Waals surface area contributed by atoms with Crippen LogP contribution in [0.15, 0.2) is 27.4 Å². The molecular weight excluding hydrogens is 338 g/mol. The standard InChI is InChI=1S/C18H21N3O5/c1-12-3-4-14-13(9-12)21(17(24)25-14)8-5-15(22)20-7-2-6-18(11-20)10-19-16(23)26-18/h3-4,9H,2,5-8,10-11H2,1H3,(H,19,23)/t18-/m0/s1. The Morgan fingerprint density at radius 2 is 2.19 bits per heavy atom. The number of oxazole rings is 1. The van der Waals surface area contributed by atoms with Gasteiger partial charge in [-0.3, -0.25) is 9.36 Å². The number of nitrogens with zero attached hydrogens (tertiary/aromatic N) is 2. The molecule has 2 fully saturated rings. The zero-order chi connectivity index (χ0) is 18.3. The lowest BCUT2D eigenvalue weighted by molar-refractivity contribution is -0.137. The molecule has 8 heteroatoms. The van der Waals surface area contributed by atoms with Crippen molar-refractivity contribution in [2.45, 2.75) is 38.3 Å². The van der Waals surface area contributed by atoms with Crippen molar-refractivity contribution < 1.29 is 18.7 Å². The Bertz CT molecular complexity index is 931. The van der Waals surface area contributed by atoms with Crippen LogP contribution in [0.1, 0.15) is 24.8 Å². The van der Waals surface area contributed by atoms with E-state index in [2.05, 4.69) is 5.32 Å². The van der Waals surface area contributed by atoms with Crippen LogP contribution >= 0.6 is 0 Å². The number of aromatic nitrogens is 1. The molecule has 2 aliphatic heterocycles. The van der Waals surface area contributed by atoms with E-state index < -0.39 is 17.5 Å². The van der Waals surface area contributed by atoms with E-state index in [0.717, 1.165) is 18.4 Å². The fourth-order valence-electron chi connectivity index (χ4n) is 3.79. The third-order valence-corrected chi connectivity index (χ3v) is 5.13. The topological polar surface area (TPSA) is 93.8 Å². The van der Waals surface area contributed by atoms with Crippen molar-refractivity contribution >= 4 is 23.1 Å². The quantitative estimate of drug-likeness (QED) is 0.894. The van der Waals surface area contributed by atoms with Crippen molar-refractivity contribution in [3.63, 3.8) is 0 Å². The molecular formula is C18H21N3O5. The van der Waals surface area contributed by atoms with Gasteiger partial charge in [0.2, 0.25) is 5.91 Å². The average Bonchev–Trinajstić information content (AvgIpc) is 3.12. The second-order valence-electron chi connectivity index (χ2n) is 7.09. The summed E-state index contributed by atoms with van der Waals surface area (Å²) in [4.78, 5) is 37.8. The average molecular weight is 359 g/mol. The van der Waals surface area contributed by atoms with Crippen molar-refractivity contribution in [1.29, 1.82) is 0 Å². The Morgan fingerprint density at radius 3 is 2.96 bits per heavy atom. The van der Waals surface area contributed by atoms with Crippen LogP contribution in [0.4, 0.5) is 4.79 Å². The minimum absolute atomic E-state index is 0.0547. The second kappa shape index (κ2) is 6.19. The van der Waals surface area contributed by atoms with E-state index in [-0.39, 0.29) is 18.9 Å². The number of rotatable bonds is 3. The van der Waals surface area contributed by atoms with Crippen LogP contribution in [0.25, 0.3) is 11.1 Å². The van der Waals surface area contributed by atoms with Gasteiger partial charge >= 0.3 is 11.8 Å². The zero-order valence-corrected chi connectivity index (χ0v) is 14.6. The van der Waals surface area contributed by atoms with Gasteiger partial charge in [0, 0.05) is 19.5 Å². The van der Waals surface area contributed by atoms with Crippen molar-refractivity contribution in [2.75, 3.05) is 19.6 Å². The van der Waals surface area contributed by atoms with E-state index in [1.807, 2.05) is 19.1 Å². The van der Waals surface area contributed by atoms with Crippen molar-refractivity contribution in [1.82, 2.24) is 14.8 Å². The number of benzene rings is 1. The van der Waals surface area contributed by atoms with E-state index in [1.165, 1.54) is 4.57 Å². The molecule has 2 aliphatic rings. The molecule has 1 aromatic heterocycles. The van der Waals surface area contributed by atoms with Gasteiger partial charge in [-0.05, 0) is 37.5 Å². The van der Waals surface area contributed by atoms with Gasteiger partial charge in [-0.25, -0.2) is 9.59 Å². The molecule has 1 atom stereocenters. The van der Waals surface area contributed by atoms with Crippen LogP contribution in [0.2, 0.25) is 0 Å². The molecule has 1 spiro atoms. The van der Waals surface area contributed by atoms with Gasteiger partial charge in [0.15, 0.2) is 5.58 Å². The molecule has 2 amide bonds. The molecule has 2 saturated heterocycles. The first-order valence-electron chi connectivity index (χ1n) is 8.80. The number of ether oxygens (including phenoxy) is 1. The Hall–Kier alpha value is -2.77. The Kier molecular flexibility index (Phi) is 3.97. The lowest BCUT2D eigenvalue weighted by Gasteiger charge is -2.38. The summed E-state index contributed by atoms with van der Waals surface area (Å²) in [5.74, 6) is -0.511. The highest BCUT2D eigenvalue weighted by atomic mass is 16.6. The third-order valence-electron chi connectivity index (χ3n) is 5.13. The number of fused-ring (bicyclic) bond motifs is 1. The first kappa shape index (κ1) is 16.7. The van der Waals surface area contributed by atoms with Crippen LogP contribution < -0.4 is 11.1 Å². The number of hydrogen-bond acceptors (Lipinski definition) is 5. The Labute approximate surface area is 149 Å². The lowest BCUT2D eigenvalue weighted by Crippen LogP contribution is -2.52. The first-order chi connectivity index (χ1) is 12.5. The molecule has 0 aliphatic carbocycles. The smallest absolute Gasteiger partial charge is 0.419 e. The predicted octanol–water partition coefficient (Wildman–Crippen LogP) is 1.39. The number of nitrogens with one attached hydrogen (secondary N) is 1. The number of hydrogen-bond donors (Lipinski definition) is 1. The maximum Gasteiger partial charge on any atom is 0.419 e. The van der Waals surface area contributed by atoms with Crippen LogP contribution in [0, 0.1) is 6.92 Å². The number of carbonyl (C=O) groups excluding carboxylic acids is 2. The summed E-state index contributed by atoms with van der Waals surface area (Å²) < 4.78 is 12.1. The molecule has 26 heavy (non-hydrogen) atoms. The molecule has 4 rings (SSSR count). The van der Waals surface area contributed by atoms with Crippen LogP contribution in [0.3, 0.4) is 0 Å². The summed E-state index contributed by atoms with van der Waals surface area (Å²) in [6.07, 6.45) is 1.31. The van der Waals surface area contributed by atoms with E-state index >= 15 is 0 Å². The fraction of sp³-hybridized carbons (Fsp3) is 0.500. The minimum atomic E-state index is -0.610. The van der Waals surface area contributed by atoms with Crippen LogP contribution in [-0.4, -0.2) is 46.7 Å². The Balaban J connectivity index is 1.46. The number of likely N-dealkylation sites (tertiary alicyclic amines) is 1. The molecule has 1 aromatic carbocycles. The molecule has 0 bridgehead atoms. The largest absolute Gasteiger partial charge is 0.439 e. The van der Waals surface area contributed by atoms with Crippen molar-refractivity contribution in [3.05, 3.63) is 34.3 Å². The number of carbonyl (C=O) groups is 2. The fourth-order valence-corrected chi connectivity index (χ4v) is 3.79. The third kappa shape index (κ3) is 2.95. The summed E-state index contributed by atoms with van der Waals surface area (Å²) in [7, 11) is 0. The molecule has 0 radical (unpaired) electrons. The molecule has 0 saturated carbocycles. The first-order valence-corrected chi connectivity index (χ1v) is 8.80. The molecule has 2 aromatic rings. The summed E-state index contributed by atoms with van der Waals surface area (Å²) >= 11 is 0. The normalized spacial score (nSPS) is 22.7. The van der Waals surface area contributed by atoms with Crippen LogP contribution in [0.5, 0.6) is 0 Å². The summed E-state index contributed by atoms with van der Waals surface area (Å²) in [6, 6.07) is 5.52. The monoisotopic (exact) mass is 359 g/mol. The molecule has 1 N–H and O–H groups in total. The highest BCUT2D eigenvalue weighted by Gasteiger charge is 2.44. The maximum atomic E-state index is 12.6. The molecule has 8 nitrogen and oxygen atoms in total. The van der Waals surface area contributed by atoms with Gasteiger partial charge in [0.1, 0.15) is 5.60 Å². The van der Waals surface area contributed by atoms with E-state index in [1.54, 1.807) is 11.0 Å². The van der Waals surface area contributed by atoms with Crippen molar-refractivity contribution in [2.24, 2.45) is 0 Å². The number of amides is 2. The lowest BCUT2D eigenvalue weighted by atomic mass is 9.93. The molecule has 0 unspecified atom stereocenters. The van der Waals surface area contributed by atoms with Crippen LogP contribution in [-0.2, 0) is 16.1 Å². The highest BCUT2D eigenvalue weighted by Crippen LogP contribution is 2.28. The van der Waals surface area contributed by atoms with E-state index in [0.29, 0.717) is 30.7 Å². The van der Waals surface area contributed by atoms with E-state index in [9.17, 15) is 14.4 Å². The predicted molar refractivity (Wildman–Crippen MR) is 92.9 cm³/mol. The number of piperidine rings is 1. The van der Waals surface area contributed by atoms with Gasteiger partial charge < -0.3 is 19.4 Å². The highest BCUT2D eigenvalue weighted by molar-refractivity contribution is 5.78. The molecule has 3 heterocycles. The van der Waals surface area contributed by atoms with Gasteiger partial charge in [0.25, 0.3) is 0 Å².